The zero-order valence-electron chi connectivity index (χ0n) is 13.1. The summed E-state index contributed by atoms with van der Waals surface area (Å²) in [4.78, 5) is 0. The van der Waals surface area contributed by atoms with Crippen molar-refractivity contribution in [1.82, 2.24) is 5.32 Å². The van der Waals surface area contributed by atoms with Crippen molar-refractivity contribution in [3.63, 3.8) is 0 Å². The monoisotopic (exact) mass is 277 g/mol. The topological polar surface area (TPSA) is 12.0 Å². The molecule has 1 aromatic rings. The van der Waals surface area contributed by atoms with Crippen molar-refractivity contribution < 1.29 is 4.39 Å². The molecule has 0 heterocycles. The molecule has 0 aliphatic heterocycles. The molecule has 0 aromatic heterocycles. The van der Waals surface area contributed by atoms with Crippen molar-refractivity contribution in [2.24, 2.45) is 11.3 Å². The summed E-state index contributed by atoms with van der Waals surface area (Å²) in [6.45, 7) is 8.00. The highest BCUT2D eigenvalue weighted by Crippen LogP contribution is 2.46. The van der Waals surface area contributed by atoms with Crippen LogP contribution in [-0.4, -0.2) is 6.54 Å². The maximum Gasteiger partial charge on any atom is 0.123 e. The van der Waals surface area contributed by atoms with E-state index in [1.165, 1.54) is 31.2 Å². The van der Waals surface area contributed by atoms with Gasteiger partial charge in [0.15, 0.2) is 0 Å². The van der Waals surface area contributed by atoms with E-state index in [0.29, 0.717) is 17.4 Å². The van der Waals surface area contributed by atoms with Crippen LogP contribution in [0.5, 0.6) is 0 Å². The summed E-state index contributed by atoms with van der Waals surface area (Å²) in [5.74, 6) is 0.485. The van der Waals surface area contributed by atoms with Crippen LogP contribution in [0.25, 0.3) is 0 Å². The van der Waals surface area contributed by atoms with Crippen LogP contribution in [0.3, 0.4) is 0 Å². The first-order valence-electron chi connectivity index (χ1n) is 8.03. The zero-order chi connectivity index (χ0) is 14.6. The lowest BCUT2D eigenvalue weighted by molar-refractivity contribution is 0.0981. The van der Waals surface area contributed by atoms with E-state index in [1.54, 1.807) is 12.1 Å². The third-order valence-corrected chi connectivity index (χ3v) is 4.84. The highest BCUT2D eigenvalue weighted by atomic mass is 19.1. The molecule has 0 spiro atoms. The molecule has 1 aliphatic rings. The van der Waals surface area contributed by atoms with Gasteiger partial charge in [0.25, 0.3) is 0 Å². The lowest BCUT2D eigenvalue weighted by atomic mass is 9.65. The van der Waals surface area contributed by atoms with Crippen molar-refractivity contribution in [1.29, 1.82) is 0 Å². The predicted octanol–water partition coefficient (Wildman–Crippen LogP) is 5.08. The van der Waals surface area contributed by atoms with Crippen molar-refractivity contribution in [3.8, 4) is 0 Å². The molecule has 2 heteroatoms. The standard InChI is InChI=1S/C18H28FN/c1-4-13-20-17(14-8-10-15(19)11-9-14)16-7-5-6-12-18(16,2)3/h8-11,16-17,20H,4-7,12-13H2,1-3H3. The zero-order valence-corrected chi connectivity index (χ0v) is 13.1. The third kappa shape index (κ3) is 3.60. The molecule has 112 valence electrons. The molecule has 2 unspecified atom stereocenters. The van der Waals surface area contributed by atoms with Gasteiger partial charge in [-0.2, -0.15) is 0 Å². The Morgan fingerprint density at radius 3 is 2.55 bits per heavy atom. The summed E-state index contributed by atoms with van der Waals surface area (Å²) >= 11 is 0. The first-order chi connectivity index (χ1) is 9.54. The van der Waals surface area contributed by atoms with E-state index < -0.39 is 0 Å². The number of nitrogens with one attached hydrogen (secondary N) is 1. The van der Waals surface area contributed by atoms with E-state index in [9.17, 15) is 4.39 Å². The van der Waals surface area contributed by atoms with Crippen molar-refractivity contribution >= 4 is 0 Å². The van der Waals surface area contributed by atoms with Crippen LogP contribution in [0.4, 0.5) is 4.39 Å². The molecule has 1 nitrogen and oxygen atoms in total. The van der Waals surface area contributed by atoms with Crippen LogP contribution >= 0.6 is 0 Å². The van der Waals surface area contributed by atoms with Gasteiger partial charge in [0.1, 0.15) is 5.82 Å². The second-order valence-electron chi connectivity index (χ2n) is 6.82. The SMILES string of the molecule is CCCNC(c1ccc(F)cc1)C1CCCCC1(C)C. The van der Waals surface area contributed by atoms with Crippen LogP contribution in [0.1, 0.15) is 64.5 Å². The lowest BCUT2D eigenvalue weighted by Crippen LogP contribution is -2.39. The Balaban J connectivity index is 2.24. The van der Waals surface area contributed by atoms with Crippen LogP contribution in [0.15, 0.2) is 24.3 Å². The maximum atomic E-state index is 13.2. The fourth-order valence-electron chi connectivity index (χ4n) is 3.60. The van der Waals surface area contributed by atoms with Gasteiger partial charge in [-0.05, 0) is 54.8 Å². The number of halogens is 1. The van der Waals surface area contributed by atoms with Crippen LogP contribution < -0.4 is 5.32 Å². The minimum absolute atomic E-state index is 0.147. The van der Waals surface area contributed by atoms with E-state index in [0.717, 1.165) is 13.0 Å². The summed E-state index contributed by atoms with van der Waals surface area (Å²) in [5, 5.41) is 3.71. The molecular weight excluding hydrogens is 249 g/mol. The van der Waals surface area contributed by atoms with Gasteiger partial charge in [0, 0.05) is 6.04 Å². The third-order valence-electron chi connectivity index (χ3n) is 4.84. The summed E-state index contributed by atoms with van der Waals surface area (Å²) in [6.07, 6.45) is 6.35. The van der Waals surface area contributed by atoms with Gasteiger partial charge in [-0.1, -0.05) is 45.7 Å². The Labute approximate surface area is 123 Å². The molecule has 0 saturated heterocycles. The fourth-order valence-corrected chi connectivity index (χ4v) is 3.60. The number of benzene rings is 1. The summed E-state index contributed by atoms with van der Waals surface area (Å²) < 4.78 is 13.2. The maximum absolute atomic E-state index is 13.2. The van der Waals surface area contributed by atoms with Crippen LogP contribution in [0.2, 0.25) is 0 Å². The molecule has 1 saturated carbocycles. The minimum Gasteiger partial charge on any atom is -0.310 e. The molecule has 0 bridgehead atoms. The van der Waals surface area contributed by atoms with Crippen molar-refractivity contribution in [2.75, 3.05) is 6.54 Å². The molecular formula is C18H28FN. The first-order valence-corrected chi connectivity index (χ1v) is 8.03. The van der Waals surface area contributed by atoms with Crippen molar-refractivity contribution in [2.45, 2.75) is 58.9 Å². The van der Waals surface area contributed by atoms with E-state index in [2.05, 4.69) is 26.1 Å². The van der Waals surface area contributed by atoms with Gasteiger partial charge in [0.2, 0.25) is 0 Å². The first kappa shape index (κ1) is 15.5. The summed E-state index contributed by atoms with van der Waals surface area (Å²) in [7, 11) is 0. The Morgan fingerprint density at radius 1 is 1.25 bits per heavy atom. The Hall–Kier alpha value is -0.890. The Bertz CT molecular complexity index is 410. The summed E-state index contributed by atoms with van der Waals surface area (Å²) in [6, 6.07) is 7.43. The Kier molecular flexibility index (Phi) is 5.20. The van der Waals surface area contributed by atoms with Gasteiger partial charge in [0.05, 0.1) is 0 Å². The van der Waals surface area contributed by atoms with Crippen molar-refractivity contribution in [3.05, 3.63) is 35.6 Å². The van der Waals surface area contributed by atoms with Crippen LogP contribution in [-0.2, 0) is 0 Å². The van der Waals surface area contributed by atoms with Gasteiger partial charge >= 0.3 is 0 Å². The van der Waals surface area contributed by atoms with E-state index >= 15 is 0 Å². The average molecular weight is 277 g/mol. The smallest absolute Gasteiger partial charge is 0.123 e. The average Bonchev–Trinajstić information content (AvgIpc) is 2.42. The van der Waals surface area contributed by atoms with E-state index in [4.69, 9.17) is 0 Å². The fraction of sp³-hybridized carbons (Fsp3) is 0.667. The number of rotatable bonds is 5. The number of hydrogen-bond donors (Lipinski definition) is 1. The Morgan fingerprint density at radius 2 is 1.95 bits per heavy atom. The van der Waals surface area contributed by atoms with Gasteiger partial charge in [-0.15, -0.1) is 0 Å². The largest absolute Gasteiger partial charge is 0.310 e. The van der Waals surface area contributed by atoms with E-state index in [1.807, 2.05) is 12.1 Å². The quantitative estimate of drug-likeness (QED) is 0.791. The minimum atomic E-state index is -0.147. The summed E-state index contributed by atoms with van der Waals surface area (Å²) in [5.41, 5.74) is 1.60. The lowest BCUT2D eigenvalue weighted by Gasteiger charge is -2.44. The molecule has 1 aliphatic carbocycles. The van der Waals surface area contributed by atoms with E-state index in [-0.39, 0.29) is 5.82 Å². The molecule has 2 atom stereocenters. The highest BCUT2D eigenvalue weighted by molar-refractivity contribution is 5.21. The van der Waals surface area contributed by atoms with Gasteiger partial charge < -0.3 is 5.32 Å². The molecule has 20 heavy (non-hydrogen) atoms. The van der Waals surface area contributed by atoms with Crippen LogP contribution in [0, 0.1) is 17.2 Å². The highest BCUT2D eigenvalue weighted by Gasteiger charge is 2.37. The molecule has 0 amide bonds. The molecule has 1 N–H and O–H groups in total. The normalized spacial score (nSPS) is 23.5. The second kappa shape index (κ2) is 6.71. The number of hydrogen-bond acceptors (Lipinski definition) is 1. The molecule has 1 aromatic carbocycles. The molecule has 2 rings (SSSR count). The predicted molar refractivity (Wildman–Crippen MR) is 83.2 cm³/mol. The van der Waals surface area contributed by atoms with Gasteiger partial charge in [-0.3, -0.25) is 0 Å². The second-order valence-corrected chi connectivity index (χ2v) is 6.82. The molecule has 0 radical (unpaired) electrons. The van der Waals surface area contributed by atoms with Gasteiger partial charge in [-0.25, -0.2) is 4.39 Å². The molecule has 1 fully saturated rings.